The van der Waals surface area contributed by atoms with Crippen LogP contribution in [0, 0.1) is 6.92 Å². The maximum absolute atomic E-state index is 5.00. The molecule has 0 radical (unpaired) electrons. The molecule has 1 heterocycles. The van der Waals surface area contributed by atoms with E-state index in [9.17, 15) is 0 Å². The zero-order chi connectivity index (χ0) is 17.4. The molecule has 2 aromatic rings. The van der Waals surface area contributed by atoms with Gasteiger partial charge in [0.05, 0.1) is 12.8 Å². The minimum Gasteiger partial charge on any atom is -0.383 e. The minimum atomic E-state index is 0.481. The first-order chi connectivity index (χ1) is 11.7. The highest BCUT2D eigenvalue weighted by Crippen LogP contribution is 2.24. The van der Waals surface area contributed by atoms with Crippen LogP contribution in [-0.4, -0.2) is 48.5 Å². The quantitative estimate of drug-likeness (QED) is 0.685. The largest absolute Gasteiger partial charge is 0.383 e. The van der Waals surface area contributed by atoms with Crippen LogP contribution in [-0.2, 0) is 4.74 Å². The zero-order valence-corrected chi connectivity index (χ0v) is 14.8. The van der Waals surface area contributed by atoms with Crippen LogP contribution in [0.3, 0.4) is 0 Å². The normalized spacial score (nSPS) is 10.5. The molecule has 0 saturated heterocycles. The molecule has 1 aromatic carbocycles. The number of aromatic nitrogens is 3. The van der Waals surface area contributed by atoms with Crippen LogP contribution in [0.25, 0.3) is 0 Å². The molecule has 7 nitrogen and oxygen atoms in total. The molecular weight excluding hydrogens is 304 g/mol. The van der Waals surface area contributed by atoms with Gasteiger partial charge < -0.3 is 20.3 Å². The van der Waals surface area contributed by atoms with E-state index >= 15 is 0 Å². The fraction of sp³-hybridized carbons (Fsp3) is 0.471. The second-order valence-corrected chi connectivity index (χ2v) is 5.38. The van der Waals surface area contributed by atoms with Crippen LogP contribution in [0.2, 0.25) is 0 Å². The Bertz CT molecular complexity index is 645. The number of nitrogens with one attached hydrogen (secondary N) is 2. The van der Waals surface area contributed by atoms with Crippen LogP contribution in [0.1, 0.15) is 19.4 Å². The van der Waals surface area contributed by atoms with Crippen LogP contribution >= 0.6 is 0 Å². The zero-order valence-electron chi connectivity index (χ0n) is 14.8. The summed E-state index contributed by atoms with van der Waals surface area (Å²) in [5, 5.41) is 14.3. The van der Waals surface area contributed by atoms with E-state index in [2.05, 4.69) is 69.7 Å². The summed E-state index contributed by atoms with van der Waals surface area (Å²) in [5.41, 5.74) is 3.40. The molecule has 0 spiro atoms. The summed E-state index contributed by atoms with van der Waals surface area (Å²) >= 11 is 0. The van der Waals surface area contributed by atoms with E-state index in [1.807, 2.05) is 0 Å². The van der Waals surface area contributed by atoms with Gasteiger partial charge in [-0.2, -0.15) is 10.1 Å². The van der Waals surface area contributed by atoms with Gasteiger partial charge in [0.2, 0.25) is 5.95 Å². The second kappa shape index (κ2) is 9.02. The Hall–Kier alpha value is -2.41. The third kappa shape index (κ3) is 4.79. The predicted octanol–water partition coefficient (Wildman–Crippen LogP) is 2.83. The number of rotatable bonds is 9. The van der Waals surface area contributed by atoms with Gasteiger partial charge in [0.15, 0.2) is 5.82 Å². The number of benzene rings is 1. The topological polar surface area (TPSA) is 75.2 Å². The summed E-state index contributed by atoms with van der Waals surface area (Å²) in [6.45, 7) is 9.63. The number of hydrogen-bond acceptors (Lipinski definition) is 7. The van der Waals surface area contributed by atoms with Gasteiger partial charge in [-0.25, -0.2) is 0 Å². The summed E-state index contributed by atoms with van der Waals surface area (Å²) in [6.07, 6.45) is 1.61. The average molecular weight is 330 g/mol. The van der Waals surface area contributed by atoms with Crippen molar-refractivity contribution in [2.75, 3.05) is 48.9 Å². The van der Waals surface area contributed by atoms with Crippen molar-refractivity contribution >= 4 is 23.1 Å². The molecule has 0 fully saturated rings. The third-order valence-electron chi connectivity index (χ3n) is 3.75. The summed E-state index contributed by atoms with van der Waals surface area (Å²) in [5.74, 6) is 1.14. The molecule has 0 saturated carbocycles. The molecule has 7 heteroatoms. The molecule has 0 aliphatic heterocycles. The number of aryl methyl sites for hydroxylation is 1. The van der Waals surface area contributed by atoms with Crippen molar-refractivity contribution in [1.82, 2.24) is 15.2 Å². The van der Waals surface area contributed by atoms with Gasteiger partial charge in [-0.05, 0) is 44.5 Å². The molecule has 0 amide bonds. The molecule has 130 valence electrons. The predicted molar refractivity (Wildman–Crippen MR) is 98.2 cm³/mol. The number of methoxy groups -OCH3 is 1. The number of ether oxygens (including phenoxy) is 1. The molecule has 2 rings (SSSR count). The van der Waals surface area contributed by atoms with Gasteiger partial charge in [0.25, 0.3) is 0 Å². The molecule has 0 atom stereocenters. The Kier molecular flexibility index (Phi) is 6.74. The van der Waals surface area contributed by atoms with Gasteiger partial charge in [-0.3, -0.25) is 0 Å². The van der Waals surface area contributed by atoms with Crippen LogP contribution in [0.15, 0.2) is 24.4 Å². The third-order valence-corrected chi connectivity index (χ3v) is 3.75. The van der Waals surface area contributed by atoms with Crippen molar-refractivity contribution in [3.63, 3.8) is 0 Å². The first kappa shape index (κ1) is 17.9. The SMILES string of the molecule is CCN(CC)c1ccc(Nc2cnnc(NCCOC)n2)c(C)c1. The molecular formula is C17H26N6O. The lowest BCUT2D eigenvalue weighted by Crippen LogP contribution is -2.21. The number of anilines is 4. The summed E-state index contributed by atoms with van der Waals surface area (Å²) < 4.78 is 5.00. The molecule has 24 heavy (non-hydrogen) atoms. The van der Waals surface area contributed by atoms with Crippen molar-refractivity contribution in [3.8, 4) is 0 Å². The lowest BCUT2D eigenvalue weighted by atomic mass is 10.1. The lowest BCUT2D eigenvalue weighted by Gasteiger charge is -2.22. The Morgan fingerprint density at radius 1 is 1.21 bits per heavy atom. The Morgan fingerprint density at radius 2 is 2.00 bits per heavy atom. The van der Waals surface area contributed by atoms with Gasteiger partial charge >= 0.3 is 0 Å². The summed E-state index contributed by atoms with van der Waals surface area (Å²) in [4.78, 5) is 6.73. The van der Waals surface area contributed by atoms with E-state index in [-0.39, 0.29) is 0 Å². The smallest absolute Gasteiger partial charge is 0.244 e. The molecule has 0 unspecified atom stereocenters. The molecule has 2 N–H and O–H groups in total. The summed E-state index contributed by atoms with van der Waals surface area (Å²) in [7, 11) is 1.66. The van der Waals surface area contributed by atoms with Crippen LogP contribution in [0.4, 0.5) is 23.1 Å². The highest BCUT2D eigenvalue weighted by atomic mass is 16.5. The molecule has 1 aromatic heterocycles. The van der Waals surface area contributed by atoms with E-state index in [1.54, 1.807) is 13.3 Å². The molecule has 0 aliphatic carbocycles. The van der Waals surface area contributed by atoms with Gasteiger partial charge in [0.1, 0.15) is 0 Å². The highest BCUT2D eigenvalue weighted by Gasteiger charge is 2.07. The van der Waals surface area contributed by atoms with Gasteiger partial charge in [0, 0.05) is 38.1 Å². The van der Waals surface area contributed by atoms with Crippen molar-refractivity contribution in [3.05, 3.63) is 30.0 Å². The number of nitrogens with zero attached hydrogens (tertiary/aromatic N) is 4. The van der Waals surface area contributed by atoms with Crippen LogP contribution < -0.4 is 15.5 Å². The fourth-order valence-corrected chi connectivity index (χ4v) is 2.42. The van der Waals surface area contributed by atoms with E-state index in [0.717, 1.165) is 24.3 Å². The van der Waals surface area contributed by atoms with Crippen molar-refractivity contribution in [2.45, 2.75) is 20.8 Å². The number of hydrogen-bond donors (Lipinski definition) is 2. The Labute approximate surface area is 143 Å². The highest BCUT2D eigenvalue weighted by molar-refractivity contribution is 5.65. The van der Waals surface area contributed by atoms with Crippen molar-refractivity contribution < 1.29 is 4.74 Å². The monoisotopic (exact) mass is 330 g/mol. The van der Waals surface area contributed by atoms with Gasteiger partial charge in [-0.1, -0.05) is 0 Å². The van der Waals surface area contributed by atoms with Crippen molar-refractivity contribution in [2.24, 2.45) is 0 Å². The fourth-order valence-electron chi connectivity index (χ4n) is 2.42. The minimum absolute atomic E-state index is 0.481. The first-order valence-corrected chi connectivity index (χ1v) is 8.23. The van der Waals surface area contributed by atoms with E-state index in [4.69, 9.17) is 4.74 Å². The lowest BCUT2D eigenvalue weighted by molar-refractivity contribution is 0.210. The average Bonchev–Trinajstić information content (AvgIpc) is 2.59. The standard InChI is InChI=1S/C17H26N6O/c1-5-23(6-2)14-7-8-15(13(3)11-14)20-16-12-19-22-17(21-16)18-9-10-24-4/h7-8,11-12H,5-6,9-10H2,1-4H3,(H2,18,20,21,22). The Morgan fingerprint density at radius 3 is 2.67 bits per heavy atom. The van der Waals surface area contributed by atoms with E-state index in [0.29, 0.717) is 24.9 Å². The molecule has 0 bridgehead atoms. The maximum atomic E-state index is 5.00. The maximum Gasteiger partial charge on any atom is 0.244 e. The van der Waals surface area contributed by atoms with E-state index < -0.39 is 0 Å². The van der Waals surface area contributed by atoms with Crippen molar-refractivity contribution in [1.29, 1.82) is 0 Å². The molecule has 0 aliphatic rings. The first-order valence-electron chi connectivity index (χ1n) is 8.23. The van der Waals surface area contributed by atoms with E-state index in [1.165, 1.54) is 5.69 Å². The van der Waals surface area contributed by atoms with Gasteiger partial charge in [-0.15, -0.1) is 5.10 Å². The summed E-state index contributed by atoms with van der Waals surface area (Å²) in [6, 6.07) is 6.37. The second-order valence-electron chi connectivity index (χ2n) is 5.38. The Balaban J connectivity index is 2.09. The van der Waals surface area contributed by atoms with Crippen LogP contribution in [0.5, 0.6) is 0 Å².